The maximum Gasteiger partial charge on any atom is 0.251 e. The number of nitrogens with zero attached hydrogens (tertiary/aromatic N) is 1. The molecule has 2 fully saturated rings. The van der Waals surface area contributed by atoms with Crippen LogP contribution in [0.15, 0.2) is 41.1 Å². The summed E-state index contributed by atoms with van der Waals surface area (Å²) in [5.41, 5.74) is 3.44. The quantitative estimate of drug-likeness (QED) is 0.699. The summed E-state index contributed by atoms with van der Waals surface area (Å²) in [6.45, 7) is 4.42. The van der Waals surface area contributed by atoms with E-state index < -0.39 is 0 Å². The van der Waals surface area contributed by atoms with E-state index >= 15 is 0 Å². The lowest BCUT2D eigenvalue weighted by Gasteiger charge is -2.35. The number of anilines is 1. The highest BCUT2D eigenvalue weighted by Crippen LogP contribution is 2.22. The van der Waals surface area contributed by atoms with Gasteiger partial charge in [-0.3, -0.25) is 4.79 Å². The molecular formula is C24H33N3OS. The molecule has 29 heavy (non-hydrogen) atoms. The summed E-state index contributed by atoms with van der Waals surface area (Å²) in [6, 6.07) is 11.9. The summed E-state index contributed by atoms with van der Waals surface area (Å²) in [4.78, 5) is 14.9. The Morgan fingerprint density at radius 3 is 2.45 bits per heavy atom. The van der Waals surface area contributed by atoms with Gasteiger partial charge in [0.15, 0.2) is 0 Å². The maximum absolute atomic E-state index is 12.4. The predicted octanol–water partition coefficient (Wildman–Crippen LogP) is 4.61. The van der Waals surface area contributed by atoms with Crippen molar-refractivity contribution in [2.45, 2.75) is 70.0 Å². The molecule has 1 aliphatic heterocycles. The van der Waals surface area contributed by atoms with Crippen LogP contribution in [0.3, 0.4) is 0 Å². The minimum Gasteiger partial charge on any atom is -0.371 e. The number of thiophene rings is 1. The van der Waals surface area contributed by atoms with Gasteiger partial charge in [-0.15, -0.1) is 0 Å². The zero-order valence-electron chi connectivity index (χ0n) is 17.4. The first kappa shape index (κ1) is 20.4. The number of carbonyl (C=O) groups excluding carboxylic acids is 1. The van der Waals surface area contributed by atoms with Crippen molar-refractivity contribution in [3.05, 3.63) is 52.2 Å². The van der Waals surface area contributed by atoms with Crippen molar-refractivity contribution in [1.29, 1.82) is 0 Å². The van der Waals surface area contributed by atoms with Crippen LogP contribution >= 0.6 is 11.3 Å². The van der Waals surface area contributed by atoms with E-state index in [4.69, 9.17) is 0 Å². The minimum absolute atomic E-state index is 0.0750. The molecule has 0 spiro atoms. The van der Waals surface area contributed by atoms with E-state index in [2.05, 4.69) is 51.4 Å². The Kier molecular flexibility index (Phi) is 6.88. The van der Waals surface area contributed by atoms with Crippen LogP contribution in [0.2, 0.25) is 0 Å². The lowest BCUT2D eigenvalue weighted by molar-refractivity contribution is 0.0938. The molecule has 1 amide bonds. The normalized spacial score (nSPS) is 19.4. The van der Waals surface area contributed by atoms with Gasteiger partial charge in [0.2, 0.25) is 0 Å². The van der Waals surface area contributed by atoms with Crippen molar-refractivity contribution in [3.8, 4) is 0 Å². The topological polar surface area (TPSA) is 44.4 Å². The van der Waals surface area contributed by atoms with Crippen molar-refractivity contribution >= 4 is 22.9 Å². The molecule has 2 N–H and O–H groups in total. The van der Waals surface area contributed by atoms with Crippen molar-refractivity contribution in [2.24, 2.45) is 0 Å². The standard InChI is InChI=1S/C24H33N3OS/c1-18(16-19-12-15-29-17-19)25-22-10-13-27(14-11-22)23-8-6-20(7-9-23)24(28)26-21-4-2-3-5-21/h6-9,12,15,17-18,21-22,25H,2-5,10-11,13-14,16H2,1H3,(H,26,28)/t18-/m0/s1. The fourth-order valence-electron chi connectivity index (χ4n) is 4.69. The van der Waals surface area contributed by atoms with Crippen LogP contribution in [0.1, 0.15) is 61.4 Å². The van der Waals surface area contributed by atoms with E-state index in [1.807, 2.05) is 12.1 Å². The van der Waals surface area contributed by atoms with Crippen molar-refractivity contribution < 1.29 is 4.79 Å². The molecule has 4 nitrogen and oxygen atoms in total. The Labute approximate surface area is 178 Å². The molecule has 1 saturated heterocycles. The highest BCUT2D eigenvalue weighted by atomic mass is 32.1. The Hall–Kier alpha value is -1.85. The first-order valence-electron chi connectivity index (χ1n) is 11.1. The molecule has 5 heteroatoms. The SMILES string of the molecule is C[C@@H](Cc1ccsc1)NC1CCN(c2ccc(C(=O)NC3CCCC3)cc2)CC1. The van der Waals surface area contributed by atoms with Gasteiger partial charge in [0, 0.05) is 42.5 Å². The molecule has 2 aromatic rings. The first-order chi connectivity index (χ1) is 14.2. The molecule has 2 aliphatic rings. The Balaban J connectivity index is 1.23. The third kappa shape index (κ3) is 5.61. The molecule has 0 bridgehead atoms. The van der Waals surface area contributed by atoms with Gasteiger partial charge in [0.1, 0.15) is 0 Å². The largest absolute Gasteiger partial charge is 0.371 e. The highest BCUT2D eigenvalue weighted by Gasteiger charge is 2.22. The zero-order valence-corrected chi connectivity index (χ0v) is 18.2. The number of piperidine rings is 1. The van der Waals surface area contributed by atoms with Crippen LogP contribution in [0, 0.1) is 0 Å². The Morgan fingerprint density at radius 2 is 1.79 bits per heavy atom. The summed E-state index contributed by atoms with van der Waals surface area (Å²) in [7, 11) is 0. The molecule has 1 aromatic carbocycles. The van der Waals surface area contributed by atoms with Crippen LogP contribution < -0.4 is 15.5 Å². The fraction of sp³-hybridized carbons (Fsp3) is 0.542. The van der Waals surface area contributed by atoms with E-state index in [1.54, 1.807) is 11.3 Å². The van der Waals surface area contributed by atoms with Gasteiger partial charge in [-0.05, 0) is 85.7 Å². The third-order valence-corrected chi connectivity index (χ3v) is 7.05. The number of hydrogen-bond donors (Lipinski definition) is 2. The van der Waals surface area contributed by atoms with E-state index in [9.17, 15) is 4.79 Å². The summed E-state index contributed by atoms with van der Waals surface area (Å²) >= 11 is 1.78. The molecule has 156 valence electrons. The number of hydrogen-bond acceptors (Lipinski definition) is 4. The van der Waals surface area contributed by atoms with E-state index in [-0.39, 0.29) is 5.91 Å². The molecule has 1 saturated carbocycles. The number of amides is 1. The van der Waals surface area contributed by atoms with Crippen molar-refractivity contribution in [2.75, 3.05) is 18.0 Å². The van der Waals surface area contributed by atoms with E-state index in [0.29, 0.717) is 18.1 Å². The second-order valence-electron chi connectivity index (χ2n) is 8.67. The van der Waals surface area contributed by atoms with E-state index in [1.165, 1.54) is 24.1 Å². The minimum atomic E-state index is 0.0750. The van der Waals surface area contributed by atoms with Gasteiger partial charge in [-0.1, -0.05) is 12.8 Å². The van der Waals surface area contributed by atoms with Gasteiger partial charge in [-0.2, -0.15) is 11.3 Å². The lowest BCUT2D eigenvalue weighted by Crippen LogP contribution is -2.46. The average Bonchev–Trinajstić information content (AvgIpc) is 3.43. The Morgan fingerprint density at radius 1 is 1.07 bits per heavy atom. The number of nitrogens with one attached hydrogen (secondary N) is 2. The summed E-state index contributed by atoms with van der Waals surface area (Å²) in [5, 5.41) is 11.4. The first-order valence-corrected chi connectivity index (χ1v) is 12.0. The maximum atomic E-state index is 12.4. The summed E-state index contributed by atoms with van der Waals surface area (Å²) in [6.07, 6.45) is 8.16. The molecule has 4 rings (SSSR count). The zero-order chi connectivity index (χ0) is 20.1. The van der Waals surface area contributed by atoms with Crippen LogP contribution in [0.4, 0.5) is 5.69 Å². The van der Waals surface area contributed by atoms with Gasteiger partial charge in [0.25, 0.3) is 5.91 Å². The predicted molar refractivity (Wildman–Crippen MR) is 122 cm³/mol. The Bertz CT molecular complexity index is 760. The highest BCUT2D eigenvalue weighted by molar-refractivity contribution is 7.07. The number of rotatable bonds is 7. The molecule has 1 atom stereocenters. The summed E-state index contributed by atoms with van der Waals surface area (Å²) < 4.78 is 0. The lowest BCUT2D eigenvalue weighted by atomic mass is 10.0. The van der Waals surface area contributed by atoms with E-state index in [0.717, 1.165) is 50.8 Å². The van der Waals surface area contributed by atoms with Crippen LogP contribution in [0.5, 0.6) is 0 Å². The molecule has 1 aromatic heterocycles. The van der Waals surface area contributed by atoms with Crippen LogP contribution in [-0.4, -0.2) is 37.1 Å². The number of carbonyl (C=O) groups is 1. The number of benzene rings is 1. The van der Waals surface area contributed by atoms with Crippen molar-refractivity contribution in [1.82, 2.24) is 10.6 Å². The molecule has 2 heterocycles. The van der Waals surface area contributed by atoms with Gasteiger partial charge >= 0.3 is 0 Å². The summed E-state index contributed by atoms with van der Waals surface area (Å²) in [5.74, 6) is 0.0750. The smallest absolute Gasteiger partial charge is 0.251 e. The molecule has 0 radical (unpaired) electrons. The second-order valence-corrected chi connectivity index (χ2v) is 9.45. The van der Waals surface area contributed by atoms with Crippen molar-refractivity contribution in [3.63, 3.8) is 0 Å². The van der Waals surface area contributed by atoms with Gasteiger partial charge < -0.3 is 15.5 Å². The van der Waals surface area contributed by atoms with Gasteiger partial charge in [-0.25, -0.2) is 0 Å². The van der Waals surface area contributed by atoms with Crippen LogP contribution in [0.25, 0.3) is 0 Å². The third-order valence-electron chi connectivity index (χ3n) is 6.32. The molecule has 1 aliphatic carbocycles. The average molecular weight is 412 g/mol. The molecular weight excluding hydrogens is 378 g/mol. The van der Waals surface area contributed by atoms with Gasteiger partial charge in [0.05, 0.1) is 0 Å². The van der Waals surface area contributed by atoms with Crippen LogP contribution in [-0.2, 0) is 6.42 Å². The fourth-order valence-corrected chi connectivity index (χ4v) is 5.37. The second kappa shape index (κ2) is 9.77. The monoisotopic (exact) mass is 411 g/mol. The molecule has 0 unspecified atom stereocenters.